The molecule has 0 aliphatic carbocycles. The lowest BCUT2D eigenvalue weighted by molar-refractivity contribution is -0.134. The lowest BCUT2D eigenvalue weighted by Gasteiger charge is -2.20. The Morgan fingerprint density at radius 1 is 1.42 bits per heavy atom. The zero-order valence-electron chi connectivity index (χ0n) is 11.8. The van der Waals surface area contributed by atoms with Gasteiger partial charge in [-0.1, -0.05) is 38.5 Å². The quantitative estimate of drug-likeness (QED) is 0.815. The highest BCUT2D eigenvalue weighted by atomic mass is 16.5. The molecule has 2 unspecified atom stereocenters. The number of likely N-dealkylation sites (tertiary alicyclic amines) is 1. The van der Waals surface area contributed by atoms with Gasteiger partial charge in [0.2, 0.25) is 5.91 Å². The molecule has 1 heterocycles. The summed E-state index contributed by atoms with van der Waals surface area (Å²) in [6.07, 6.45) is 3.10. The molecule has 0 N–H and O–H groups in total. The number of hydrogen-bond donors (Lipinski definition) is 0. The van der Waals surface area contributed by atoms with E-state index in [-0.39, 0.29) is 17.9 Å². The summed E-state index contributed by atoms with van der Waals surface area (Å²) < 4.78 is 5.90. The molecule has 1 amide bonds. The monoisotopic (exact) mass is 261 g/mol. The van der Waals surface area contributed by atoms with Crippen LogP contribution in [0.5, 0.6) is 5.75 Å². The number of amides is 1. The fourth-order valence-corrected chi connectivity index (χ4v) is 2.58. The number of benzene rings is 1. The normalized spacial score (nSPS) is 20.3. The van der Waals surface area contributed by atoms with Crippen LogP contribution in [0.4, 0.5) is 0 Å². The summed E-state index contributed by atoms with van der Waals surface area (Å²) in [5.41, 5.74) is 0. The van der Waals surface area contributed by atoms with E-state index in [1.165, 1.54) is 0 Å². The summed E-state index contributed by atoms with van der Waals surface area (Å²) in [6, 6.07) is 9.84. The van der Waals surface area contributed by atoms with Gasteiger partial charge in [0, 0.05) is 18.9 Å². The second kappa shape index (κ2) is 6.60. The fourth-order valence-electron chi connectivity index (χ4n) is 2.58. The van der Waals surface area contributed by atoms with Gasteiger partial charge in [-0.15, -0.1) is 0 Å². The topological polar surface area (TPSA) is 29.5 Å². The van der Waals surface area contributed by atoms with E-state index in [0.717, 1.165) is 38.1 Å². The number of ether oxygens (including phenoxy) is 1. The van der Waals surface area contributed by atoms with Gasteiger partial charge in [0.25, 0.3) is 0 Å². The predicted octanol–water partition coefficient (Wildman–Crippen LogP) is 3.10. The van der Waals surface area contributed by atoms with Gasteiger partial charge in [-0.3, -0.25) is 4.79 Å². The Hall–Kier alpha value is -1.51. The van der Waals surface area contributed by atoms with Crippen LogP contribution in [-0.4, -0.2) is 30.0 Å². The highest BCUT2D eigenvalue weighted by Crippen LogP contribution is 2.20. The van der Waals surface area contributed by atoms with E-state index < -0.39 is 0 Å². The largest absolute Gasteiger partial charge is 0.489 e. The van der Waals surface area contributed by atoms with E-state index in [1.807, 2.05) is 42.2 Å². The van der Waals surface area contributed by atoms with Gasteiger partial charge < -0.3 is 9.64 Å². The first-order valence-corrected chi connectivity index (χ1v) is 7.21. The van der Waals surface area contributed by atoms with Crippen LogP contribution in [0.3, 0.4) is 0 Å². The van der Waals surface area contributed by atoms with Crippen molar-refractivity contribution >= 4 is 5.91 Å². The van der Waals surface area contributed by atoms with E-state index in [4.69, 9.17) is 4.74 Å². The Morgan fingerprint density at radius 3 is 2.84 bits per heavy atom. The van der Waals surface area contributed by atoms with Crippen molar-refractivity contribution in [2.75, 3.05) is 13.1 Å². The van der Waals surface area contributed by atoms with Crippen molar-refractivity contribution in [1.29, 1.82) is 0 Å². The maximum absolute atomic E-state index is 12.2. The van der Waals surface area contributed by atoms with Crippen LogP contribution in [0, 0.1) is 5.92 Å². The van der Waals surface area contributed by atoms with E-state index in [2.05, 4.69) is 6.92 Å². The maximum atomic E-state index is 12.2. The van der Waals surface area contributed by atoms with Crippen LogP contribution in [0.15, 0.2) is 30.3 Å². The first kappa shape index (κ1) is 13.9. The number of para-hydroxylation sites is 1. The van der Waals surface area contributed by atoms with Crippen molar-refractivity contribution in [3.8, 4) is 5.75 Å². The van der Waals surface area contributed by atoms with Crippen molar-refractivity contribution < 1.29 is 9.53 Å². The molecule has 104 valence electrons. The number of hydrogen-bond acceptors (Lipinski definition) is 2. The minimum Gasteiger partial charge on any atom is -0.489 e. The third-order valence-corrected chi connectivity index (χ3v) is 3.65. The highest BCUT2D eigenvalue weighted by Gasteiger charge is 2.29. The SMILES string of the molecule is CCCC(C)C(=O)N1CCC(Oc2ccccc2)C1. The summed E-state index contributed by atoms with van der Waals surface area (Å²) in [4.78, 5) is 14.2. The molecule has 0 saturated carbocycles. The van der Waals surface area contributed by atoms with Crippen LogP contribution >= 0.6 is 0 Å². The molecular weight excluding hydrogens is 238 g/mol. The molecule has 0 spiro atoms. The Kier molecular flexibility index (Phi) is 4.83. The van der Waals surface area contributed by atoms with Gasteiger partial charge in [0.15, 0.2) is 0 Å². The molecule has 1 fully saturated rings. The molecule has 3 heteroatoms. The van der Waals surface area contributed by atoms with Crippen molar-refractivity contribution in [2.45, 2.75) is 39.2 Å². The molecule has 0 bridgehead atoms. The average molecular weight is 261 g/mol. The van der Waals surface area contributed by atoms with Crippen molar-refractivity contribution in [2.24, 2.45) is 5.92 Å². The number of carbonyl (C=O) groups excluding carboxylic acids is 1. The van der Waals surface area contributed by atoms with Gasteiger partial charge in [0.1, 0.15) is 11.9 Å². The average Bonchev–Trinajstić information content (AvgIpc) is 2.88. The molecule has 19 heavy (non-hydrogen) atoms. The zero-order chi connectivity index (χ0) is 13.7. The predicted molar refractivity (Wildman–Crippen MR) is 76.1 cm³/mol. The van der Waals surface area contributed by atoms with E-state index in [9.17, 15) is 4.79 Å². The van der Waals surface area contributed by atoms with Crippen LogP contribution in [0.2, 0.25) is 0 Å². The van der Waals surface area contributed by atoms with Crippen molar-refractivity contribution in [3.05, 3.63) is 30.3 Å². The number of nitrogens with zero attached hydrogens (tertiary/aromatic N) is 1. The van der Waals surface area contributed by atoms with Crippen LogP contribution in [-0.2, 0) is 4.79 Å². The molecule has 2 rings (SSSR count). The summed E-state index contributed by atoms with van der Waals surface area (Å²) in [5, 5.41) is 0. The van der Waals surface area contributed by atoms with E-state index in [0.29, 0.717) is 0 Å². The summed E-state index contributed by atoms with van der Waals surface area (Å²) in [6.45, 7) is 5.69. The maximum Gasteiger partial charge on any atom is 0.225 e. The van der Waals surface area contributed by atoms with Crippen molar-refractivity contribution in [3.63, 3.8) is 0 Å². The van der Waals surface area contributed by atoms with Gasteiger partial charge >= 0.3 is 0 Å². The van der Waals surface area contributed by atoms with Crippen LogP contribution in [0.1, 0.15) is 33.1 Å². The van der Waals surface area contributed by atoms with Gasteiger partial charge in [-0.05, 0) is 18.6 Å². The van der Waals surface area contributed by atoms with Crippen molar-refractivity contribution in [1.82, 2.24) is 4.90 Å². The van der Waals surface area contributed by atoms with E-state index in [1.54, 1.807) is 0 Å². The third-order valence-electron chi connectivity index (χ3n) is 3.65. The second-order valence-corrected chi connectivity index (χ2v) is 5.32. The third kappa shape index (κ3) is 3.72. The summed E-state index contributed by atoms with van der Waals surface area (Å²) in [5.74, 6) is 1.31. The minimum absolute atomic E-state index is 0.139. The van der Waals surface area contributed by atoms with E-state index >= 15 is 0 Å². The second-order valence-electron chi connectivity index (χ2n) is 5.32. The number of carbonyl (C=O) groups is 1. The first-order chi connectivity index (χ1) is 9.20. The first-order valence-electron chi connectivity index (χ1n) is 7.21. The summed E-state index contributed by atoms with van der Waals surface area (Å²) in [7, 11) is 0. The Balaban J connectivity index is 1.84. The standard InChI is InChI=1S/C16H23NO2/c1-3-7-13(2)16(18)17-11-10-15(12-17)19-14-8-5-4-6-9-14/h4-6,8-9,13,15H,3,7,10-12H2,1-2H3. The van der Waals surface area contributed by atoms with Gasteiger partial charge in [-0.25, -0.2) is 0 Å². The fraction of sp³-hybridized carbons (Fsp3) is 0.562. The Morgan fingerprint density at radius 2 is 2.16 bits per heavy atom. The molecule has 1 aliphatic rings. The zero-order valence-corrected chi connectivity index (χ0v) is 11.8. The molecule has 1 aliphatic heterocycles. The molecule has 2 atom stereocenters. The van der Waals surface area contributed by atoms with Gasteiger partial charge in [-0.2, -0.15) is 0 Å². The lowest BCUT2D eigenvalue weighted by Crippen LogP contribution is -2.34. The Labute approximate surface area is 115 Å². The molecule has 0 aromatic heterocycles. The van der Waals surface area contributed by atoms with Gasteiger partial charge in [0.05, 0.1) is 6.54 Å². The Bertz CT molecular complexity index is 404. The highest BCUT2D eigenvalue weighted by molar-refractivity contribution is 5.78. The number of rotatable bonds is 5. The molecule has 3 nitrogen and oxygen atoms in total. The molecule has 0 radical (unpaired) electrons. The lowest BCUT2D eigenvalue weighted by atomic mass is 10.1. The minimum atomic E-state index is 0.139. The molecule has 1 aromatic carbocycles. The van der Waals surface area contributed by atoms with Crippen LogP contribution < -0.4 is 4.74 Å². The summed E-state index contributed by atoms with van der Waals surface area (Å²) >= 11 is 0. The smallest absolute Gasteiger partial charge is 0.225 e. The molecular formula is C16H23NO2. The molecule has 1 saturated heterocycles. The molecule has 1 aromatic rings. The van der Waals surface area contributed by atoms with Crippen LogP contribution in [0.25, 0.3) is 0 Å².